The van der Waals surface area contributed by atoms with Gasteiger partial charge < -0.3 is 21.3 Å². The van der Waals surface area contributed by atoms with Gasteiger partial charge in [-0.25, -0.2) is 0 Å². The van der Waals surface area contributed by atoms with Crippen molar-refractivity contribution in [3.63, 3.8) is 0 Å². The van der Waals surface area contributed by atoms with Crippen molar-refractivity contribution in [3.05, 3.63) is 47.0 Å². The number of nitrogen functional groups attached to an aromatic ring is 1. The van der Waals surface area contributed by atoms with Crippen molar-refractivity contribution in [1.82, 2.24) is 0 Å². The van der Waals surface area contributed by atoms with Crippen LogP contribution in [-0.4, -0.2) is 16.1 Å². The minimum atomic E-state index is -0.480. The van der Waals surface area contributed by atoms with Crippen LogP contribution in [0.2, 0.25) is 5.02 Å². The molecule has 0 saturated carbocycles. The molecule has 0 aliphatic heterocycles. The summed E-state index contributed by atoms with van der Waals surface area (Å²) in [5.74, 6) is -0.868. The van der Waals surface area contributed by atoms with Crippen LogP contribution in [0.25, 0.3) is 0 Å². The summed E-state index contributed by atoms with van der Waals surface area (Å²) in [6, 6.07) is 8.30. The number of benzene rings is 2. The number of aromatic hydroxyl groups is 2. The second kappa shape index (κ2) is 5.07. The molecular weight excluding hydrogens is 268 g/mol. The summed E-state index contributed by atoms with van der Waals surface area (Å²) in [6.45, 7) is 0. The van der Waals surface area contributed by atoms with Gasteiger partial charge in [0.2, 0.25) is 0 Å². The van der Waals surface area contributed by atoms with E-state index >= 15 is 0 Å². The zero-order valence-electron chi connectivity index (χ0n) is 9.72. The van der Waals surface area contributed by atoms with Gasteiger partial charge >= 0.3 is 0 Å². The number of nitrogens with one attached hydrogen (secondary N) is 1. The predicted octanol–water partition coefficient (Wildman–Crippen LogP) is 2.59. The van der Waals surface area contributed by atoms with Crippen LogP contribution >= 0.6 is 11.6 Å². The number of amides is 1. The van der Waals surface area contributed by atoms with Crippen molar-refractivity contribution >= 4 is 28.9 Å². The third kappa shape index (κ3) is 3.08. The molecule has 0 aromatic heterocycles. The molecule has 0 radical (unpaired) electrons. The van der Waals surface area contributed by atoms with E-state index < -0.39 is 5.91 Å². The lowest BCUT2D eigenvalue weighted by atomic mass is 10.2. The van der Waals surface area contributed by atoms with Gasteiger partial charge in [0, 0.05) is 17.3 Å². The highest BCUT2D eigenvalue weighted by Gasteiger charge is 2.09. The summed E-state index contributed by atoms with van der Waals surface area (Å²) in [7, 11) is 0. The third-order valence-electron chi connectivity index (χ3n) is 2.42. The molecule has 0 heterocycles. The molecule has 98 valence electrons. The average molecular weight is 279 g/mol. The van der Waals surface area contributed by atoms with Crippen molar-refractivity contribution in [2.24, 2.45) is 0 Å². The number of hydrogen-bond donors (Lipinski definition) is 4. The SMILES string of the molecule is Nc1ccc(NC(=O)c2cc(O)cc(O)c2)cc1Cl. The Balaban J connectivity index is 2.22. The summed E-state index contributed by atoms with van der Waals surface area (Å²) < 4.78 is 0. The number of carbonyl (C=O) groups is 1. The maximum Gasteiger partial charge on any atom is 0.255 e. The number of carbonyl (C=O) groups excluding carboxylic acids is 1. The van der Waals surface area contributed by atoms with Crippen molar-refractivity contribution in [3.8, 4) is 11.5 Å². The molecule has 5 N–H and O–H groups in total. The molecule has 0 atom stereocenters. The van der Waals surface area contributed by atoms with Crippen LogP contribution in [0.5, 0.6) is 11.5 Å². The molecule has 5 nitrogen and oxygen atoms in total. The van der Waals surface area contributed by atoms with Crippen LogP contribution in [-0.2, 0) is 0 Å². The zero-order chi connectivity index (χ0) is 14.0. The van der Waals surface area contributed by atoms with Gasteiger partial charge in [-0.15, -0.1) is 0 Å². The smallest absolute Gasteiger partial charge is 0.255 e. The fraction of sp³-hybridized carbons (Fsp3) is 0. The van der Waals surface area contributed by atoms with Gasteiger partial charge in [0.05, 0.1) is 10.7 Å². The minimum absolute atomic E-state index is 0.130. The van der Waals surface area contributed by atoms with Gasteiger partial charge in [0.15, 0.2) is 0 Å². The van der Waals surface area contributed by atoms with Crippen LogP contribution in [0.3, 0.4) is 0 Å². The fourth-order valence-electron chi connectivity index (χ4n) is 1.53. The molecule has 2 aromatic rings. The summed E-state index contributed by atoms with van der Waals surface area (Å²) >= 11 is 5.84. The first-order chi connectivity index (χ1) is 8.95. The van der Waals surface area contributed by atoms with E-state index in [9.17, 15) is 15.0 Å². The van der Waals surface area contributed by atoms with Crippen LogP contribution < -0.4 is 11.1 Å². The summed E-state index contributed by atoms with van der Waals surface area (Å²) in [4.78, 5) is 11.9. The molecule has 0 aliphatic carbocycles. The highest BCUT2D eigenvalue weighted by Crippen LogP contribution is 2.24. The maximum absolute atomic E-state index is 11.9. The minimum Gasteiger partial charge on any atom is -0.508 e. The van der Waals surface area contributed by atoms with Crippen molar-refractivity contribution in [1.29, 1.82) is 0 Å². The largest absolute Gasteiger partial charge is 0.508 e. The number of halogens is 1. The molecule has 0 bridgehead atoms. The first kappa shape index (κ1) is 13.0. The molecule has 0 spiro atoms. The Morgan fingerprint density at radius 3 is 2.32 bits per heavy atom. The first-order valence-electron chi connectivity index (χ1n) is 5.35. The van der Waals surface area contributed by atoms with Crippen molar-refractivity contribution in [2.75, 3.05) is 11.1 Å². The van der Waals surface area contributed by atoms with Gasteiger partial charge in [0.1, 0.15) is 11.5 Å². The van der Waals surface area contributed by atoms with E-state index in [-0.39, 0.29) is 17.1 Å². The quantitative estimate of drug-likeness (QED) is 0.635. The van der Waals surface area contributed by atoms with Crippen molar-refractivity contribution < 1.29 is 15.0 Å². The summed E-state index contributed by atoms with van der Waals surface area (Å²) in [6.07, 6.45) is 0. The molecular formula is C13H11ClN2O3. The Kier molecular flexibility index (Phi) is 3.48. The normalized spacial score (nSPS) is 10.2. The van der Waals surface area contributed by atoms with Gasteiger partial charge in [-0.3, -0.25) is 4.79 Å². The Labute approximate surface area is 114 Å². The van der Waals surface area contributed by atoms with Gasteiger partial charge in [-0.1, -0.05) is 11.6 Å². The Morgan fingerprint density at radius 1 is 1.11 bits per heavy atom. The monoisotopic (exact) mass is 278 g/mol. The van der Waals surface area contributed by atoms with E-state index in [0.717, 1.165) is 6.07 Å². The van der Waals surface area contributed by atoms with E-state index in [2.05, 4.69) is 5.32 Å². The standard InChI is InChI=1S/C13H11ClN2O3/c14-11-5-8(1-2-12(11)15)16-13(19)7-3-9(17)6-10(18)4-7/h1-6,17-18H,15H2,(H,16,19). The zero-order valence-corrected chi connectivity index (χ0v) is 10.5. The lowest BCUT2D eigenvalue weighted by molar-refractivity contribution is 0.102. The Morgan fingerprint density at radius 2 is 1.74 bits per heavy atom. The van der Waals surface area contributed by atoms with Crippen molar-refractivity contribution in [2.45, 2.75) is 0 Å². The fourth-order valence-corrected chi connectivity index (χ4v) is 1.71. The molecule has 0 fully saturated rings. The highest BCUT2D eigenvalue weighted by atomic mass is 35.5. The number of nitrogens with two attached hydrogens (primary N) is 1. The predicted molar refractivity (Wildman–Crippen MR) is 73.6 cm³/mol. The number of phenolic OH excluding ortho intramolecular Hbond substituents is 2. The highest BCUT2D eigenvalue weighted by molar-refractivity contribution is 6.33. The molecule has 19 heavy (non-hydrogen) atoms. The summed E-state index contributed by atoms with van der Waals surface area (Å²) in [5, 5.41) is 21.5. The van der Waals surface area contributed by atoms with Gasteiger partial charge in [0.25, 0.3) is 5.91 Å². The molecule has 2 aromatic carbocycles. The summed E-state index contributed by atoms with van der Waals surface area (Å²) in [5.41, 5.74) is 6.57. The van der Waals surface area contributed by atoms with Gasteiger partial charge in [-0.05, 0) is 30.3 Å². The lowest BCUT2D eigenvalue weighted by Gasteiger charge is -2.07. The Bertz CT molecular complexity index is 624. The van der Waals surface area contributed by atoms with Gasteiger partial charge in [-0.2, -0.15) is 0 Å². The van der Waals surface area contributed by atoms with E-state index in [4.69, 9.17) is 17.3 Å². The molecule has 2 rings (SSSR count). The average Bonchev–Trinajstić information content (AvgIpc) is 2.32. The molecule has 1 amide bonds. The van der Waals surface area contributed by atoms with Crippen LogP contribution in [0.4, 0.5) is 11.4 Å². The van der Waals surface area contributed by atoms with E-state index in [1.807, 2.05) is 0 Å². The number of hydrogen-bond acceptors (Lipinski definition) is 4. The first-order valence-corrected chi connectivity index (χ1v) is 5.73. The molecule has 0 unspecified atom stereocenters. The second-order valence-corrected chi connectivity index (χ2v) is 4.34. The van der Waals surface area contributed by atoms with Crippen LogP contribution in [0.15, 0.2) is 36.4 Å². The molecule has 0 aliphatic rings. The van der Waals surface area contributed by atoms with Crippen LogP contribution in [0.1, 0.15) is 10.4 Å². The van der Waals surface area contributed by atoms with E-state index in [1.54, 1.807) is 12.1 Å². The number of rotatable bonds is 2. The number of anilines is 2. The lowest BCUT2D eigenvalue weighted by Crippen LogP contribution is -2.11. The van der Waals surface area contributed by atoms with E-state index in [1.165, 1.54) is 18.2 Å². The molecule has 6 heteroatoms. The topological polar surface area (TPSA) is 95.6 Å². The van der Waals surface area contributed by atoms with E-state index in [0.29, 0.717) is 16.4 Å². The molecule has 0 saturated heterocycles. The maximum atomic E-state index is 11.9. The third-order valence-corrected chi connectivity index (χ3v) is 2.75. The second-order valence-electron chi connectivity index (χ2n) is 3.93. The Hall–Kier alpha value is -2.40. The van der Waals surface area contributed by atoms with Crippen LogP contribution in [0, 0.1) is 0 Å². The number of phenols is 2.